The molecule has 1 rings (SSSR count). The summed E-state index contributed by atoms with van der Waals surface area (Å²) in [5, 5.41) is 9.72. The molecule has 0 aromatic heterocycles. The molecule has 0 radical (unpaired) electrons. The Morgan fingerprint density at radius 3 is 2.50 bits per heavy atom. The number of benzene rings is 1. The number of methoxy groups -OCH3 is 1. The number of carboxylic acid groups (broad SMARTS) is 1. The lowest BCUT2D eigenvalue weighted by Crippen LogP contribution is -2.39. The molecule has 6 heteroatoms. The number of amides is 1. The van der Waals surface area contributed by atoms with Gasteiger partial charge in [-0.1, -0.05) is 37.0 Å². The van der Waals surface area contributed by atoms with E-state index in [1.807, 2.05) is 13.8 Å². The number of hydrogen-bond acceptors (Lipinski definition) is 2. The van der Waals surface area contributed by atoms with Crippen LogP contribution in [-0.2, 0) is 0 Å². The van der Waals surface area contributed by atoms with Gasteiger partial charge in [-0.25, -0.2) is 4.79 Å². The third-order valence-electron chi connectivity index (χ3n) is 2.40. The van der Waals surface area contributed by atoms with E-state index in [0.717, 1.165) is 4.90 Å². The molecular weight excluding hydrogens is 277 g/mol. The van der Waals surface area contributed by atoms with Gasteiger partial charge in [0, 0.05) is 5.02 Å². The Morgan fingerprint density at radius 2 is 2.06 bits per heavy atom. The number of alkyl halides is 1. The third-order valence-corrected chi connectivity index (χ3v) is 3.34. The van der Waals surface area contributed by atoms with Crippen LogP contribution >= 0.6 is 23.2 Å². The van der Waals surface area contributed by atoms with E-state index in [4.69, 9.17) is 27.9 Å². The molecule has 1 N–H and O–H groups in total. The van der Waals surface area contributed by atoms with Crippen LogP contribution in [0.1, 0.15) is 13.8 Å². The maximum absolute atomic E-state index is 11.4. The second-order valence-corrected chi connectivity index (χ2v) is 4.97. The van der Waals surface area contributed by atoms with Gasteiger partial charge in [0.1, 0.15) is 11.3 Å². The minimum Gasteiger partial charge on any atom is -0.495 e. The molecule has 0 saturated carbocycles. The van der Waals surface area contributed by atoms with E-state index >= 15 is 0 Å². The molecule has 18 heavy (non-hydrogen) atoms. The van der Waals surface area contributed by atoms with Crippen molar-refractivity contribution in [3.63, 3.8) is 0 Å². The zero-order valence-electron chi connectivity index (χ0n) is 10.4. The van der Waals surface area contributed by atoms with E-state index in [1.165, 1.54) is 13.2 Å². The Hall–Kier alpha value is -1.13. The molecule has 0 aliphatic carbocycles. The van der Waals surface area contributed by atoms with Crippen molar-refractivity contribution in [2.24, 2.45) is 5.92 Å². The maximum Gasteiger partial charge on any atom is 0.413 e. The van der Waals surface area contributed by atoms with Crippen LogP contribution in [-0.4, -0.2) is 23.8 Å². The molecule has 0 bridgehead atoms. The minimum absolute atomic E-state index is 0.0496. The van der Waals surface area contributed by atoms with E-state index < -0.39 is 11.6 Å². The Morgan fingerprint density at radius 1 is 1.44 bits per heavy atom. The molecule has 100 valence electrons. The highest BCUT2D eigenvalue weighted by Crippen LogP contribution is 2.34. The van der Waals surface area contributed by atoms with Crippen molar-refractivity contribution in [1.29, 1.82) is 0 Å². The van der Waals surface area contributed by atoms with Crippen LogP contribution < -0.4 is 9.64 Å². The van der Waals surface area contributed by atoms with Gasteiger partial charge < -0.3 is 9.84 Å². The molecule has 1 unspecified atom stereocenters. The number of halogens is 2. The third kappa shape index (κ3) is 3.21. The molecule has 1 amide bonds. The van der Waals surface area contributed by atoms with Crippen LogP contribution in [0.25, 0.3) is 0 Å². The molecule has 0 heterocycles. The van der Waals surface area contributed by atoms with Gasteiger partial charge in [0.05, 0.1) is 12.8 Å². The van der Waals surface area contributed by atoms with Crippen LogP contribution in [0.2, 0.25) is 5.02 Å². The Balaban J connectivity index is 3.29. The lowest BCUT2D eigenvalue weighted by molar-refractivity contribution is 0.199. The number of carbonyl (C=O) groups is 1. The first-order chi connectivity index (χ1) is 8.38. The average molecular weight is 292 g/mol. The Kier molecular flexibility index (Phi) is 5.11. The van der Waals surface area contributed by atoms with Gasteiger partial charge in [-0.15, -0.1) is 0 Å². The second-order valence-electron chi connectivity index (χ2n) is 4.09. The fourth-order valence-corrected chi connectivity index (χ4v) is 1.85. The number of ether oxygens (including phenoxy) is 1. The SMILES string of the molecule is COc1ccc(Cl)cc1N(C(=O)O)C(Cl)C(C)C. The normalized spacial score (nSPS) is 12.3. The van der Waals surface area contributed by atoms with Crippen LogP contribution in [0, 0.1) is 5.92 Å². The molecule has 1 aromatic rings. The zero-order chi connectivity index (χ0) is 13.9. The number of rotatable bonds is 4. The smallest absolute Gasteiger partial charge is 0.413 e. The molecule has 0 saturated heterocycles. The van der Waals surface area contributed by atoms with Gasteiger partial charge in [0.2, 0.25) is 0 Å². The summed E-state index contributed by atoms with van der Waals surface area (Å²) >= 11 is 12.0. The van der Waals surface area contributed by atoms with Crippen LogP contribution in [0.5, 0.6) is 5.75 Å². The first-order valence-electron chi connectivity index (χ1n) is 5.38. The minimum atomic E-state index is -1.15. The van der Waals surface area contributed by atoms with E-state index in [9.17, 15) is 9.90 Å². The van der Waals surface area contributed by atoms with Crippen LogP contribution in [0.15, 0.2) is 18.2 Å². The predicted octanol–water partition coefficient (Wildman–Crippen LogP) is 4.05. The fraction of sp³-hybridized carbons (Fsp3) is 0.417. The quantitative estimate of drug-likeness (QED) is 0.672. The summed E-state index contributed by atoms with van der Waals surface area (Å²) in [7, 11) is 1.46. The predicted molar refractivity (Wildman–Crippen MR) is 73.0 cm³/mol. The van der Waals surface area contributed by atoms with E-state index in [1.54, 1.807) is 12.1 Å². The summed E-state index contributed by atoms with van der Waals surface area (Å²) in [4.78, 5) is 12.4. The molecule has 1 aromatic carbocycles. The van der Waals surface area contributed by atoms with Crippen molar-refractivity contribution < 1.29 is 14.6 Å². The van der Waals surface area contributed by atoms with Crippen molar-refractivity contribution in [1.82, 2.24) is 0 Å². The highest BCUT2D eigenvalue weighted by atomic mass is 35.5. The summed E-state index contributed by atoms with van der Waals surface area (Å²) in [5.74, 6) is 0.361. The largest absolute Gasteiger partial charge is 0.495 e. The Bertz CT molecular complexity index is 437. The summed E-state index contributed by atoms with van der Waals surface area (Å²) in [5.41, 5.74) is -0.360. The molecule has 4 nitrogen and oxygen atoms in total. The van der Waals surface area contributed by atoms with Crippen LogP contribution in [0.3, 0.4) is 0 Å². The highest BCUT2D eigenvalue weighted by Gasteiger charge is 2.28. The van der Waals surface area contributed by atoms with Gasteiger partial charge in [-0.3, -0.25) is 4.90 Å². The highest BCUT2D eigenvalue weighted by molar-refractivity contribution is 6.31. The van der Waals surface area contributed by atoms with Crippen molar-refractivity contribution in [3.05, 3.63) is 23.2 Å². The number of hydrogen-bond donors (Lipinski definition) is 1. The van der Waals surface area contributed by atoms with E-state index in [-0.39, 0.29) is 5.92 Å². The van der Waals surface area contributed by atoms with E-state index in [0.29, 0.717) is 16.5 Å². The van der Waals surface area contributed by atoms with Gasteiger partial charge in [-0.05, 0) is 24.1 Å². The standard InChI is InChI=1S/C12H15Cl2NO3/c1-7(2)11(14)15(12(16)17)9-6-8(13)4-5-10(9)18-3/h4-7,11H,1-3H3,(H,16,17). The van der Waals surface area contributed by atoms with E-state index in [2.05, 4.69) is 0 Å². The van der Waals surface area contributed by atoms with Gasteiger partial charge in [-0.2, -0.15) is 0 Å². The first kappa shape index (κ1) is 14.9. The molecule has 0 spiro atoms. The maximum atomic E-state index is 11.4. The Labute approximate surface area is 116 Å². The topological polar surface area (TPSA) is 49.8 Å². The summed E-state index contributed by atoms with van der Waals surface area (Å²) < 4.78 is 5.14. The molecular formula is C12H15Cl2NO3. The van der Waals surface area contributed by atoms with Gasteiger partial charge >= 0.3 is 6.09 Å². The number of nitrogens with zero attached hydrogens (tertiary/aromatic N) is 1. The van der Waals surface area contributed by atoms with Crippen molar-refractivity contribution in [3.8, 4) is 5.75 Å². The lowest BCUT2D eigenvalue weighted by atomic mass is 10.2. The zero-order valence-corrected chi connectivity index (χ0v) is 11.9. The van der Waals surface area contributed by atoms with Crippen molar-refractivity contribution in [2.75, 3.05) is 12.0 Å². The monoisotopic (exact) mass is 291 g/mol. The lowest BCUT2D eigenvalue weighted by Gasteiger charge is -2.28. The fourth-order valence-electron chi connectivity index (χ4n) is 1.49. The second kappa shape index (κ2) is 6.16. The van der Waals surface area contributed by atoms with Crippen LogP contribution in [0.4, 0.5) is 10.5 Å². The molecule has 0 aliphatic heterocycles. The average Bonchev–Trinajstić information content (AvgIpc) is 2.28. The molecule has 0 aliphatic rings. The van der Waals surface area contributed by atoms with Crippen molar-refractivity contribution in [2.45, 2.75) is 19.3 Å². The summed E-state index contributed by atoms with van der Waals surface area (Å²) in [6.45, 7) is 3.68. The molecule has 1 atom stereocenters. The molecule has 0 fully saturated rings. The first-order valence-corrected chi connectivity index (χ1v) is 6.19. The van der Waals surface area contributed by atoms with Gasteiger partial charge in [0.15, 0.2) is 0 Å². The van der Waals surface area contributed by atoms with Crippen molar-refractivity contribution >= 4 is 35.0 Å². The summed E-state index contributed by atoms with van der Waals surface area (Å²) in [6, 6.07) is 4.76. The summed E-state index contributed by atoms with van der Waals surface area (Å²) in [6.07, 6.45) is -1.15. The van der Waals surface area contributed by atoms with Gasteiger partial charge in [0.25, 0.3) is 0 Å². The number of anilines is 1.